The van der Waals surface area contributed by atoms with Gasteiger partial charge in [0.15, 0.2) is 0 Å². The van der Waals surface area contributed by atoms with E-state index in [0.29, 0.717) is 0 Å². The predicted octanol–water partition coefficient (Wildman–Crippen LogP) is 1.65. The fourth-order valence-electron chi connectivity index (χ4n) is 0.284. The Kier molecular flexibility index (Phi) is 2.57. The molecule has 0 aromatic carbocycles. The van der Waals surface area contributed by atoms with Gasteiger partial charge in [0.1, 0.15) is 0 Å². The highest BCUT2D eigenvalue weighted by Gasteiger charge is 2.08. The number of nitrogens with zero attached hydrogens (tertiary/aromatic N) is 1. The van der Waals surface area contributed by atoms with E-state index in [9.17, 15) is 10.1 Å². The Hall–Kier alpha value is -0.643. The molecule has 0 saturated heterocycles. The zero-order chi connectivity index (χ0) is 7.49. The second kappa shape index (κ2) is 2.77. The van der Waals surface area contributed by atoms with Crippen LogP contribution in [0.4, 0.5) is 0 Å². The molecule has 0 saturated carbocycles. The van der Waals surface area contributed by atoms with Crippen LogP contribution in [0.5, 0.6) is 0 Å². The van der Waals surface area contributed by atoms with Gasteiger partial charge in [-0.3, -0.25) is 10.1 Å². The summed E-state index contributed by atoms with van der Waals surface area (Å²) in [7, 11) is -1.34. The third-order valence-corrected chi connectivity index (χ3v) is 1.85. The normalized spacial score (nSPS) is 12.3. The molecule has 0 heterocycles. The summed E-state index contributed by atoms with van der Waals surface area (Å²) < 4.78 is 0. The quantitative estimate of drug-likeness (QED) is 0.337. The molecule has 0 unspecified atom stereocenters. The van der Waals surface area contributed by atoms with Gasteiger partial charge in [0.25, 0.3) is 0 Å². The van der Waals surface area contributed by atoms with Crippen molar-refractivity contribution in [3.05, 3.63) is 22.0 Å². The van der Waals surface area contributed by atoms with E-state index in [1.54, 1.807) is 5.70 Å². The van der Waals surface area contributed by atoms with Crippen LogP contribution in [0.2, 0.25) is 19.6 Å². The van der Waals surface area contributed by atoms with Crippen LogP contribution < -0.4 is 0 Å². The van der Waals surface area contributed by atoms with E-state index in [1.165, 1.54) is 0 Å². The summed E-state index contributed by atoms with van der Waals surface area (Å²) in [5.74, 6) is 0. The molecule has 52 valence electrons. The van der Waals surface area contributed by atoms with Crippen LogP contribution >= 0.6 is 0 Å². The van der Waals surface area contributed by atoms with Crippen molar-refractivity contribution in [2.24, 2.45) is 0 Å². The van der Waals surface area contributed by atoms with Gasteiger partial charge >= 0.3 is 0 Å². The molecule has 0 spiro atoms. The second-order valence-electron chi connectivity index (χ2n) is 2.97. The summed E-state index contributed by atoms with van der Waals surface area (Å²) in [6, 6.07) is 0. The van der Waals surface area contributed by atoms with Crippen LogP contribution in [-0.2, 0) is 0 Å². The van der Waals surface area contributed by atoms with Crippen molar-refractivity contribution >= 4 is 8.07 Å². The summed E-state index contributed by atoms with van der Waals surface area (Å²) in [5, 5.41) is 9.79. The molecule has 3 nitrogen and oxygen atoms in total. The van der Waals surface area contributed by atoms with Crippen molar-refractivity contribution in [2.45, 2.75) is 19.6 Å². The molecule has 0 aromatic rings. The minimum atomic E-state index is -1.34. The Morgan fingerprint density at radius 1 is 1.44 bits per heavy atom. The summed E-state index contributed by atoms with van der Waals surface area (Å²) in [5.41, 5.74) is 1.70. The monoisotopic (exact) mass is 145 g/mol. The van der Waals surface area contributed by atoms with E-state index in [-0.39, 0.29) is 0 Å². The van der Waals surface area contributed by atoms with Gasteiger partial charge in [-0.1, -0.05) is 19.6 Å². The van der Waals surface area contributed by atoms with Crippen LogP contribution in [0.3, 0.4) is 0 Å². The molecule has 4 heteroatoms. The van der Waals surface area contributed by atoms with Crippen molar-refractivity contribution < 1.29 is 4.92 Å². The van der Waals surface area contributed by atoms with Crippen molar-refractivity contribution in [1.29, 1.82) is 0 Å². The molecule has 0 rings (SSSR count). The first-order valence-corrected chi connectivity index (χ1v) is 6.32. The van der Waals surface area contributed by atoms with Gasteiger partial charge in [-0.2, -0.15) is 0 Å². The van der Waals surface area contributed by atoms with Gasteiger partial charge in [0.2, 0.25) is 6.20 Å². The largest absolute Gasteiger partial charge is 0.259 e. The van der Waals surface area contributed by atoms with E-state index in [4.69, 9.17) is 0 Å². The molecule has 0 aliphatic carbocycles. The minimum absolute atomic E-state index is 0.418. The fourth-order valence-corrected chi connectivity index (χ4v) is 0.853. The molecule has 0 fully saturated rings. The van der Waals surface area contributed by atoms with E-state index in [0.717, 1.165) is 6.20 Å². The highest BCUT2D eigenvalue weighted by molar-refractivity contribution is 6.80. The molecule has 0 bridgehead atoms. The van der Waals surface area contributed by atoms with Crippen molar-refractivity contribution in [1.82, 2.24) is 0 Å². The predicted molar refractivity (Wildman–Crippen MR) is 39.5 cm³/mol. The molecular weight excluding hydrogens is 134 g/mol. The van der Waals surface area contributed by atoms with Crippen LogP contribution in [0.15, 0.2) is 11.9 Å². The van der Waals surface area contributed by atoms with E-state index in [1.807, 2.05) is 19.6 Å². The molecule has 0 N–H and O–H groups in total. The molecule has 0 radical (unpaired) electrons. The molecular formula is C5H11NO2Si. The highest BCUT2D eigenvalue weighted by atomic mass is 28.3. The zero-order valence-electron chi connectivity index (χ0n) is 5.92. The summed E-state index contributed by atoms with van der Waals surface area (Å²) >= 11 is 0. The standard InChI is InChI=1S/C5H11NO2Si/c1-9(2,3)5-4-6(7)8/h4-5H,1-3H3. The fraction of sp³-hybridized carbons (Fsp3) is 0.600. The summed E-state index contributed by atoms with van der Waals surface area (Å²) in [4.78, 5) is 9.37. The van der Waals surface area contributed by atoms with Crippen LogP contribution in [0, 0.1) is 10.1 Å². The maximum atomic E-state index is 9.79. The molecule has 0 aromatic heterocycles. The Bertz CT molecular complexity index is 136. The number of hydrogen-bond acceptors (Lipinski definition) is 2. The molecule has 9 heavy (non-hydrogen) atoms. The first kappa shape index (κ1) is 8.36. The Balaban J connectivity index is 3.86. The van der Waals surface area contributed by atoms with Crippen LogP contribution in [-0.4, -0.2) is 13.0 Å². The second-order valence-corrected chi connectivity index (χ2v) is 8.03. The number of rotatable bonds is 2. The van der Waals surface area contributed by atoms with Crippen LogP contribution in [0.25, 0.3) is 0 Å². The minimum Gasteiger partial charge on any atom is -0.259 e. The SMILES string of the molecule is C[Si](C)(C)C=C[N+](=O)[O-]. The van der Waals surface area contributed by atoms with Gasteiger partial charge in [-0.05, 0) is 5.70 Å². The smallest absolute Gasteiger partial charge is 0.226 e. The van der Waals surface area contributed by atoms with E-state index in [2.05, 4.69) is 0 Å². The van der Waals surface area contributed by atoms with Gasteiger partial charge in [-0.25, -0.2) is 0 Å². The first-order valence-electron chi connectivity index (χ1n) is 2.75. The van der Waals surface area contributed by atoms with Gasteiger partial charge in [0, 0.05) is 0 Å². The van der Waals surface area contributed by atoms with Crippen LogP contribution in [0.1, 0.15) is 0 Å². The first-order chi connectivity index (χ1) is 3.92. The maximum Gasteiger partial charge on any atom is 0.226 e. The number of nitro groups is 1. The summed E-state index contributed by atoms with van der Waals surface area (Å²) in [6.45, 7) is 6.15. The van der Waals surface area contributed by atoms with Gasteiger partial charge in [0.05, 0.1) is 13.0 Å². The molecule has 0 atom stereocenters. The lowest BCUT2D eigenvalue weighted by Crippen LogP contribution is -2.15. The van der Waals surface area contributed by atoms with Crippen molar-refractivity contribution in [2.75, 3.05) is 0 Å². The van der Waals surface area contributed by atoms with E-state index < -0.39 is 13.0 Å². The number of hydrogen-bond donors (Lipinski definition) is 0. The lowest BCUT2D eigenvalue weighted by Gasteiger charge is -2.04. The third-order valence-electron chi connectivity index (χ3n) is 0.696. The summed E-state index contributed by atoms with van der Waals surface area (Å²) in [6.07, 6.45) is 1.03. The molecule has 0 aliphatic heterocycles. The Morgan fingerprint density at radius 2 is 1.89 bits per heavy atom. The average Bonchev–Trinajstić information content (AvgIpc) is 1.59. The molecule has 0 amide bonds. The van der Waals surface area contributed by atoms with E-state index >= 15 is 0 Å². The zero-order valence-corrected chi connectivity index (χ0v) is 6.92. The lowest BCUT2D eigenvalue weighted by molar-refractivity contribution is -0.402. The molecule has 0 aliphatic rings. The topological polar surface area (TPSA) is 43.1 Å². The van der Waals surface area contributed by atoms with Gasteiger partial charge in [-0.15, -0.1) is 0 Å². The maximum absolute atomic E-state index is 9.79. The van der Waals surface area contributed by atoms with Crippen molar-refractivity contribution in [3.8, 4) is 0 Å². The Labute approximate surface area is 55.5 Å². The average molecular weight is 145 g/mol. The Morgan fingerprint density at radius 3 is 2.00 bits per heavy atom. The van der Waals surface area contributed by atoms with Crippen molar-refractivity contribution in [3.63, 3.8) is 0 Å². The highest BCUT2D eigenvalue weighted by Crippen LogP contribution is 2.00. The lowest BCUT2D eigenvalue weighted by atomic mass is 11.1. The third kappa shape index (κ3) is 7.36. The van der Waals surface area contributed by atoms with Gasteiger partial charge < -0.3 is 0 Å².